The minimum absolute atomic E-state index is 0.0652. The molecule has 4 rings (SSSR count). The average molecular weight is 284 g/mol. The maximum absolute atomic E-state index is 4.71. The number of nitrogens with zero attached hydrogens (tertiary/aromatic N) is 3. The molecule has 21 heavy (non-hydrogen) atoms. The molecule has 0 atom stereocenters. The van der Waals surface area contributed by atoms with Gasteiger partial charge in [-0.1, -0.05) is 20.8 Å². The minimum Gasteiger partial charge on any atom is -0.365 e. The summed E-state index contributed by atoms with van der Waals surface area (Å²) in [4.78, 5) is 4.59. The van der Waals surface area contributed by atoms with Gasteiger partial charge in [0.25, 0.3) is 0 Å². The van der Waals surface area contributed by atoms with E-state index in [0.717, 1.165) is 28.9 Å². The number of aromatic nitrogens is 3. The average Bonchev–Trinajstić information content (AvgIpc) is 3.32. The van der Waals surface area contributed by atoms with E-state index >= 15 is 0 Å². The SMILES string of the molecule is CC(C)(C)c1cc2c(NC(C3CC3)C3CC3)nccn2n1. The second kappa shape index (κ2) is 4.46. The van der Waals surface area contributed by atoms with E-state index in [1.807, 2.05) is 16.9 Å². The Morgan fingerprint density at radius 3 is 2.43 bits per heavy atom. The van der Waals surface area contributed by atoms with Crippen LogP contribution >= 0.6 is 0 Å². The van der Waals surface area contributed by atoms with E-state index in [2.05, 4.69) is 37.1 Å². The lowest BCUT2D eigenvalue weighted by Crippen LogP contribution is -2.25. The topological polar surface area (TPSA) is 42.2 Å². The highest BCUT2D eigenvalue weighted by molar-refractivity contribution is 5.68. The molecule has 2 heterocycles. The van der Waals surface area contributed by atoms with Gasteiger partial charge in [-0.25, -0.2) is 9.50 Å². The molecule has 0 amide bonds. The number of nitrogens with one attached hydrogen (secondary N) is 1. The van der Waals surface area contributed by atoms with Crippen molar-refractivity contribution in [1.82, 2.24) is 14.6 Å². The van der Waals surface area contributed by atoms with Gasteiger partial charge in [-0.05, 0) is 43.6 Å². The molecular weight excluding hydrogens is 260 g/mol. The third kappa shape index (κ3) is 2.52. The van der Waals surface area contributed by atoms with Crippen LogP contribution in [0.25, 0.3) is 5.52 Å². The number of anilines is 1. The summed E-state index contributed by atoms with van der Waals surface area (Å²) >= 11 is 0. The lowest BCUT2D eigenvalue weighted by Gasteiger charge is -2.18. The smallest absolute Gasteiger partial charge is 0.152 e. The lowest BCUT2D eigenvalue weighted by molar-refractivity contribution is 0.562. The highest BCUT2D eigenvalue weighted by atomic mass is 15.2. The van der Waals surface area contributed by atoms with Crippen LogP contribution in [0.3, 0.4) is 0 Å². The summed E-state index contributed by atoms with van der Waals surface area (Å²) in [5.41, 5.74) is 2.29. The molecule has 0 saturated heterocycles. The molecule has 0 bridgehead atoms. The molecule has 0 radical (unpaired) electrons. The van der Waals surface area contributed by atoms with Gasteiger partial charge >= 0.3 is 0 Å². The second-order valence-corrected chi connectivity index (χ2v) is 7.73. The second-order valence-electron chi connectivity index (χ2n) is 7.73. The summed E-state index contributed by atoms with van der Waals surface area (Å²) in [6, 6.07) is 2.81. The van der Waals surface area contributed by atoms with Crippen molar-refractivity contribution in [3.8, 4) is 0 Å². The van der Waals surface area contributed by atoms with Crippen molar-refractivity contribution in [2.45, 2.75) is 57.9 Å². The van der Waals surface area contributed by atoms with Crippen molar-refractivity contribution < 1.29 is 0 Å². The zero-order valence-electron chi connectivity index (χ0n) is 13.1. The molecule has 112 valence electrons. The van der Waals surface area contributed by atoms with Gasteiger partial charge in [0.2, 0.25) is 0 Å². The molecule has 2 saturated carbocycles. The van der Waals surface area contributed by atoms with Crippen molar-refractivity contribution >= 4 is 11.3 Å². The Hall–Kier alpha value is -1.58. The van der Waals surface area contributed by atoms with Crippen LogP contribution in [-0.2, 0) is 5.41 Å². The molecular formula is C17H24N4. The van der Waals surface area contributed by atoms with Gasteiger partial charge in [0.1, 0.15) is 5.52 Å². The lowest BCUT2D eigenvalue weighted by atomic mass is 9.92. The monoisotopic (exact) mass is 284 g/mol. The van der Waals surface area contributed by atoms with E-state index in [1.54, 1.807) is 0 Å². The fraction of sp³-hybridized carbons (Fsp3) is 0.647. The number of hydrogen-bond acceptors (Lipinski definition) is 3. The van der Waals surface area contributed by atoms with Gasteiger partial charge in [0.05, 0.1) is 5.69 Å². The highest BCUT2D eigenvalue weighted by Gasteiger charge is 2.41. The Bertz CT molecular complexity index is 647. The molecule has 0 aliphatic heterocycles. The quantitative estimate of drug-likeness (QED) is 0.932. The zero-order chi connectivity index (χ0) is 14.6. The van der Waals surface area contributed by atoms with Crippen molar-refractivity contribution in [3.05, 3.63) is 24.2 Å². The van der Waals surface area contributed by atoms with Crippen LogP contribution in [0.5, 0.6) is 0 Å². The predicted molar refractivity (Wildman–Crippen MR) is 84.5 cm³/mol. The van der Waals surface area contributed by atoms with Crippen molar-refractivity contribution in [2.24, 2.45) is 11.8 Å². The maximum atomic E-state index is 4.71. The molecule has 2 fully saturated rings. The Balaban J connectivity index is 1.69. The van der Waals surface area contributed by atoms with E-state index in [1.165, 1.54) is 25.7 Å². The standard InChI is InChI=1S/C17H24N4/c1-17(2,3)14-10-13-16(18-8-9-21(13)20-14)19-15(11-4-5-11)12-6-7-12/h8-12,15H,4-7H2,1-3H3,(H,18,19). The summed E-state index contributed by atoms with van der Waals surface area (Å²) in [7, 11) is 0. The van der Waals surface area contributed by atoms with Crippen LogP contribution in [0.1, 0.15) is 52.1 Å². The maximum Gasteiger partial charge on any atom is 0.152 e. The molecule has 0 unspecified atom stereocenters. The number of rotatable bonds is 4. The molecule has 2 aliphatic carbocycles. The fourth-order valence-electron chi connectivity index (χ4n) is 3.09. The number of fused-ring (bicyclic) bond motifs is 1. The third-order valence-corrected chi connectivity index (χ3v) is 4.72. The Morgan fingerprint density at radius 1 is 1.19 bits per heavy atom. The van der Waals surface area contributed by atoms with E-state index in [-0.39, 0.29) is 5.41 Å². The predicted octanol–water partition coefficient (Wildman–Crippen LogP) is 3.63. The van der Waals surface area contributed by atoms with Crippen LogP contribution in [-0.4, -0.2) is 20.6 Å². The molecule has 4 nitrogen and oxygen atoms in total. The van der Waals surface area contributed by atoms with E-state index < -0.39 is 0 Å². The summed E-state index contributed by atoms with van der Waals surface area (Å²) in [5.74, 6) is 2.73. The van der Waals surface area contributed by atoms with Gasteiger partial charge in [0.15, 0.2) is 5.82 Å². The first kappa shape index (κ1) is 13.1. The molecule has 0 spiro atoms. The van der Waals surface area contributed by atoms with Crippen molar-refractivity contribution in [2.75, 3.05) is 5.32 Å². The first-order chi connectivity index (χ1) is 10.0. The first-order valence-electron chi connectivity index (χ1n) is 8.14. The Labute approximate surface area is 126 Å². The van der Waals surface area contributed by atoms with Gasteiger partial charge in [-0.3, -0.25) is 0 Å². The largest absolute Gasteiger partial charge is 0.365 e. The Morgan fingerprint density at radius 2 is 1.86 bits per heavy atom. The van der Waals surface area contributed by atoms with Crippen LogP contribution in [0, 0.1) is 11.8 Å². The van der Waals surface area contributed by atoms with E-state index in [0.29, 0.717) is 6.04 Å². The number of hydrogen-bond donors (Lipinski definition) is 1. The molecule has 4 heteroatoms. The normalized spacial score (nSPS) is 19.4. The molecule has 2 aromatic rings. The van der Waals surface area contributed by atoms with Gasteiger partial charge in [0, 0.05) is 23.9 Å². The summed E-state index contributed by atoms with van der Waals surface area (Å²) in [6.07, 6.45) is 9.31. The zero-order valence-corrected chi connectivity index (χ0v) is 13.1. The molecule has 2 aromatic heterocycles. The third-order valence-electron chi connectivity index (χ3n) is 4.72. The van der Waals surface area contributed by atoms with Gasteiger partial charge in [-0.2, -0.15) is 5.10 Å². The van der Waals surface area contributed by atoms with Crippen LogP contribution < -0.4 is 5.32 Å². The van der Waals surface area contributed by atoms with Crippen molar-refractivity contribution in [3.63, 3.8) is 0 Å². The summed E-state index contributed by atoms with van der Waals surface area (Å²) in [6.45, 7) is 6.60. The van der Waals surface area contributed by atoms with Crippen molar-refractivity contribution in [1.29, 1.82) is 0 Å². The summed E-state index contributed by atoms with van der Waals surface area (Å²) in [5, 5.41) is 8.45. The van der Waals surface area contributed by atoms with Gasteiger partial charge < -0.3 is 5.32 Å². The van der Waals surface area contributed by atoms with Crippen LogP contribution in [0.15, 0.2) is 18.5 Å². The Kier molecular flexibility index (Phi) is 2.78. The molecule has 1 N–H and O–H groups in total. The van der Waals surface area contributed by atoms with E-state index in [9.17, 15) is 0 Å². The van der Waals surface area contributed by atoms with Crippen LogP contribution in [0.2, 0.25) is 0 Å². The molecule has 2 aliphatic rings. The van der Waals surface area contributed by atoms with Crippen LogP contribution in [0.4, 0.5) is 5.82 Å². The highest BCUT2D eigenvalue weighted by Crippen LogP contribution is 2.46. The van der Waals surface area contributed by atoms with E-state index in [4.69, 9.17) is 5.10 Å². The minimum atomic E-state index is 0.0652. The van der Waals surface area contributed by atoms with Gasteiger partial charge in [-0.15, -0.1) is 0 Å². The first-order valence-corrected chi connectivity index (χ1v) is 8.14. The summed E-state index contributed by atoms with van der Waals surface area (Å²) < 4.78 is 1.97. The fourth-order valence-corrected chi connectivity index (χ4v) is 3.09. The molecule has 0 aromatic carbocycles.